The molecule has 3 aromatic carbocycles. The molecule has 7 heteroatoms. The van der Waals surface area contributed by atoms with Gasteiger partial charge in [0.25, 0.3) is 0 Å². The lowest BCUT2D eigenvalue weighted by atomic mass is 10.2. The van der Waals surface area contributed by atoms with Crippen LogP contribution in [0.1, 0.15) is 18.1 Å². The van der Waals surface area contributed by atoms with Gasteiger partial charge in [-0.15, -0.1) is 0 Å². The minimum atomic E-state index is -0.242. The van der Waals surface area contributed by atoms with Crippen LogP contribution in [0.5, 0.6) is 11.5 Å². The first kappa shape index (κ1) is 21.9. The molecule has 5 nitrogen and oxygen atoms in total. The normalized spacial score (nSPS) is 11.1. The van der Waals surface area contributed by atoms with E-state index in [4.69, 9.17) is 21.1 Å². The molecule has 4 aromatic rings. The highest BCUT2D eigenvalue weighted by molar-refractivity contribution is 7.22. The van der Waals surface area contributed by atoms with E-state index >= 15 is 0 Å². The highest BCUT2D eigenvalue weighted by atomic mass is 35.5. The zero-order valence-electron chi connectivity index (χ0n) is 17.4. The van der Waals surface area contributed by atoms with Crippen molar-refractivity contribution in [3.63, 3.8) is 0 Å². The molecular weight excluding hydrogens is 444 g/mol. The predicted octanol–water partition coefficient (Wildman–Crippen LogP) is 6.58. The molecule has 0 fully saturated rings. The highest BCUT2D eigenvalue weighted by Gasteiger charge is 2.07. The predicted molar refractivity (Wildman–Crippen MR) is 131 cm³/mol. The van der Waals surface area contributed by atoms with Crippen LogP contribution in [0.4, 0.5) is 5.13 Å². The minimum absolute atomic E-state index is 0.242. The van der Waals surface area contributed by atoms with Crippen LogP contribution >= 0.6 is 22.9 Å². The van der Waals surface area contributed by atoms with Gasteiger partial charge in [0.2, 0.25) is 5.91 Å². The summed E-state index contributed by atoms with van der Waals surface area (Å²) < 4.78 is 12.3. The summed E-state index contributed by atoms with van der Waals surface area (Å²) >= 11 is 7.56. The van der Waals surface area contributed by atoms with Gasteiger partial charge in [0.1, 0.15) is 18.1 Å². The number of carbonyl (C=O) groups excluding carboxylic acids is 1. The summed E-state index contributed by atoms with van der Waals surface area (Å²) in [6.45, 7) is 2.94. The van der Waals surface area contributed by atoms with Crippen molar-refractivity contribution in [2.45, 2.75) is 13.5 Å². The molecule has 0 unspecified atom stereocenters. The summed E-state index contributed by atoms with van der Waals surface area (Å²) in [5.41, 5.74) is 2.64. The largest absolute Gasteiger partial charge is 0.494 e. The molecule has 0 aliphatic rings. The van der Waals surface area contributed by atoms with Crippen molar-refractivity contribution in [2.24, 2.45) is 0 Å². The molecule has 0 saturated heterocycles. The molecule has 0 bridgehead atoms. The molecule has 0 aliphatic heterocycles. The van der Waals surface area contributed by atoms with Crippen LogP contribution in [0.25, 0.3) is 16.3 Å². The van der Waals surface area contributed by atoms with Crippen molar-refractivity contribution in [1.29, 1.82) is 0 Å². The van der Waals surface area contributed by atoms with Gasteiger partial charge in [-0.3, -0.25) is 10.1 Å². The maximum atomic E-state index is 12.3. The number of thiazole rings is 1. The van der Waals surface area contributed by atoms with E-state index < -0.39 is 0 Å². The average molecular weight is 465 g/mol. The number of rotatable bonds is 8. The van der Waals surface area contributed by atoms with E-state index in [0.717, 1.165) is 32.8 Å². The zero-order valence-corrected chi connectivity index (χ0v) is 19.0. The van der Waals surface area contributed by atoms with Crippen molar-refractivity contribution in [3.8, 4) is 11.5 Å². The molecule has 1 amide bonds. The summed E-state index contributed by atoms with van der Waals surface area (Å²) in [4.78, 5) is 16.7. The number of aromatic nitrogens is 1. The van der Waals surface area contributed by atoms with Gasteiger partial charge in [0.15, 0.2) is 5.13 Å². The number of halogens is 1. The number of nitrogens with one attached hydrogen (secondary N) is 1. The first-order valence-corrected chi connectivity index (χ1v) is 11.3. The van der Waals surface area contributed by atoms with Gasteiger partial charge >= 0.3 is 0 Å². The molecule has 0 radical (unpaired) electrons. The fourth-order valence-corrected chi connectivity index (χ4v) is 4.07. The van der Waals surface area contributed by atoms with Crippen LogP contribution in [-0.2, 0) is 11.4 Å². The average Bonchev–Trinajstić information content (AvgIpc) is 3.19. The molecule has 1 heterocycles. The lowest BCUT2D eigenvalue weighted by Crippen LogP contribution is -2.07. The van der Waals surface area contributed by atoms with E-state index in [9.17, 15) is 4.79 Å². The van der Waals surface area contributed by atoms with Gasteiger partial charge in [-0.2, -0.15) is 0 Å². The van der Waals surface area contributed by atoms with Gasteiger partial charge in [-0.25, -0.2) is 4.98 Å². The van der Waals surface area contributed by atoms with Gasteiger partial charge in [-0.05, 0) is 55.0 Å². The van der Waals surface area contributed by atoms with Crippen LogP contribution in [0.3, 0.4) is 0 Å². The number of hydrogen-bond acceptors (Lipinski definition) is 5. The Hall–Kier alpha value is -3.35. The van der Waals surface area contributed by atoms with Crippen LogP contribution in [0.15, 0.2) is 72.8 Å². The monoisotopic (exact) mass is 464 g/mol. The van der Waals surface area contributed by atoms with Crippen molar-refractivity contribution in [2.75, 3.05) is 11.9 Å². The van der Waals surface area contributed by atoms with Crippen molar-refractivity contribution in [1.82, 2.24) is 4.98 Å². The fourth-order valence-electron chi connectivity index (χ4n) is 2.99. The van der Waals surface area contributed by atoms with Crippen LogP contribution < -0.4 is 14.8 Å². The minimum Gasteiger partial charge on any atom is -0.494 e. The Kier molecular flexibility index (Phi) is 7.04. The standard InChI is InChI=1S/C25H21ClN2O3S/c1-2-30-20-12-13-22-23(15-20)32-25(27-22)28-24(29)14-9-17-7-10-19(11-8-17)31-16-18-5-3-4-6-21(18)26/h3-15H,2,16H2,1H3,(H,27,28,29)/b14-9+. The number of anilines is 1. The van der Waals surface area contributed by atoms with E-state index in [-0.39, 0.29) is 5.91 Å². The van der Waals surface area contributed by atoms with Crippen LogP contribution in [-0.4, -0.2) is 17.5 Å². The summed E-state index contributed by atoms with van der Waals surface area (Å²) in [5.74, 6) is 1.28. The van der Waals surface area contributed by atoms with E-state index in [0.29, 0.717) is 23.4 Å². The lowest BCUT2D eigenvalue weighted by Gasteiger charge is -2.07. The van der Waals surface area contributed by atoms with Gasteiger partial charge in [0, 0.05) is 16.7 Å². The number of hydrogen-bond donors (Lipinski definition) is 1. The topological polar surface area (TPSA) is 60.5 Å². The Bertz CT molecular complexity index is 1250. The Morgan fingerprint density at radius 1 is 1.06 bits per heavy atom. The smallest absolute Gasteiger partial charge is 0.250 e. The van der Waals surface area contributed by atoms with Crippen molar-refractivity contribution < 1.29 is 14.3 Å². The fraction of sp³-hybridized carbons (Fsp3) is 0.120. The third-order valence-corrected chi connectivity index (χ3v) is 5.86. The quantitative estimate of drug-likeness (QED) is 0.299. The Balaban J connectivity index is 1.33. The van der Waals surface area contributed by atoms with E-state index in [1.165, 1.54) is 17.4 Å². The number of amides is 1. The van der Waals surface area contributed by atoms with Crippen molar-refractivity contribution in [3.05, 3.63) is 89.0 Å². The Morgan fingerprint density at radius 2 is 1.84 bits per heavy atom. The molecule has 4 rings (SSSR count). The third-order valence-electron chi connectivity index (χ3n) is 4.56. The van der Waals surface area contributed by atoms with Crippen molar-refractivity contribution >= 4 is 50.3 Å². The molecule has 0 saturated carbocycles. The molecule has 32 heavy (non-hydrogen) atoms. The van der Waals surface area contributed by atoms with Crippen LogP contribution in [0.2, 0.25) is 5.02 Å². The van der Waals surface area contributed by atoms with Crippen LogP contribution in [0, 0.1) is 0 Å². The number of carbonyl (C=O) groups is 1. The SMILES string of the molecule is CCOc1ccc2nc(NC(=O)/C=C/c3ccc(OCc4ccccc4Cl)cc3)sc2c1. The number of benzene rings is 3. The molecule has 1 aromatic heterocycles. The van der Waals surface area contributed by atoms with E-state index in [1.807, 2.05) is 73.7 Å². The number of fused-ring (bicyclic) bond motifs is 1. The summed E-state index contributed by atoms with van der Waals surface area (Å²) in [5, 5.41) is 4.04. The van der Waals surface area contributed by atoms with E-state index in [2.05, 4.69) is 10.3 Å². The second-order valence-corrected chi connectivity index (χ2v) is 8.29. The molecule has 162 valence electrons. The molecule has 0 aliphatic carbocycles. The van der Waals surface area contributed by atoms with Gasteiger partial charge in [-0.1, -0.05) is 53.3 Å². The first-order valence-electron chi connectivity index (χ1n) is 10.1. The lowest BCUT2D eigenvalue weighted by molar-refractivity contribution is -0.111. The molecule has 1 N–H and O–H groups in total. The number of ether oxygens (including phenoxy) is 2. The van der Waals surface area contributed by atoms with Gasteiger partial charge < -0.3 is 9.47 Å². The number of nitrogens with zero attached hydrogens (tertiary/aromatic N) is 1. The summed E-state index contributed by atoms with van der Waals surface area (Å²) in [6.07, 6.45) is 3.23. The molecule has 0 atom stereocenters. The highest BCUT2D eigenvalue weighted by Crippen LogP contribution is 2.29. The zero-order chi connectivity index (χ0) is 22.3. The second-order valence-electron chi connectivity index (χ2n) is 6.85. The molecular formula is C25H21ClN2O3S. The Labute approximate surface area is 195 Å². The first-order chi connectivity index (χ1) is 15.6. The Morgan fingerprint density at radius 3 is 2.62 bits per heavy atom. The third kappa shape index (κ3) is 5.66. The van der Waals surface area contributed by atoms with Gasteiger partial charge in [0.05, 0.1) is 16.8 Å². The summed E-state index contributed by atoms with van der Waals surface area (Å²) in [7, 11) is 0. The second kappa shape index (κ2) is 10.3. The molecule has 0 spiro atoms. The maximum Gasteiger partial charge on any atom is 0.250 e. The summed E-state index contributed by atoms with van der Waals surface area (Å²) in [6, 6.07) is 20.8. The van der Waals surface area contributed by atoms with E-state index in [1.54, 1.807) is 6.08 Å². The maximum absolute atomic E-state index is 12.3.